The Bertz CT molecular complexity index is 440. The van der Waals surface area contributed by atoms with Gasteiger partial charge in [-0.1, -0.05) is 6.92 Å². The summed E-state index contributed by atoms with van der Waals surface area (Å²) in [6, 6.07) is 2.41. The molecule has 0 saturated carbocycles. The molecule has 2 atom stereocenters. The molecule has 1 aliphatic heterocycles. The molecule has 1 aromatic rings. The largest absolute Gasteiger partial charge is 0.377 e. The second-order valence-corrected chi connectivity index (χ2v) is 5.52. The van der Waals surface area contributed by atoms with E-state index in [2.05, 4.69) is 39.5 Å². The van der Waals surface area contributed by atoms with Crippen molar-refractivity contribution in [3.63, 3.8) is 0 Å². The molecule has 0 spiro atoms. The first-order chi connectivity index (χ1) is 9.62. The van der Waals surface area contributed by atoms with Crippen molar-refractivity contribution in [2.24, 2.45) is 5.92 Å². The lowest BCUT2D eigenvalue weighted by molar-refractivity contribution is 0.178. The molecule has 6 heteroatoms. The summed E-state index contributed by atoms with van der Waals surface area (Å²) in [4.78, 5) is 11.3. The van der Waals surface area contributed by atoms with Crippen LogP contribution in [0.3, 0.4) is 0 Å². The van der Waals surface area contributed by atoms with Gasteiger partial charge in [-0.25, -0.2) is 9.97 Å². The van der Waals surface area contributed by atoms with Gasteiger partial charge in [0.15, 0.2) is 5.82 Å². The summed E-state index contributed by atoms with van der Waals surface area (Å²) in [6.07, 6.45) is 1.14. The van der Waals surface area contributed by atoms with Crippen molar-refractivity contribution in [2.75, 3.05) is 44.9 Å². The normalized spacial score (nSPS) is 23.6. The summed E-state index contributed by atoms with van der Waals surface area (Å²) in [6.45, 7) is 4.94. The number of nitrogens with one attached hydrogen (secondary N) is 2. The SMILES string of the molecule is CNc1cc(NC2CCN(C)CC2C)nc(COC)n1. The van der Waals surface area contributed by atoms with Crippen molar-refractivity contribution in [3.05, 3.63) is 11.9 Å². The van der Waals surface area contributed by atoms with E-state index in [0.29, 0.717) is 24.4 Å². The maximum atomic E-state index is 5.12. The van der Waals surface area contributed by atoms with Gasteiger partial charge in [0, 0.05) is 32.8 Å². The number of rotatable bonds is 5. The molecule has 0 amide bonds. The molecule has 2 rings (SSSR count). The molecule has 0 aromatic carbocycles. The third-order valence-electron chi connectivity index (χ3n) is 3.74. The predicted octanol–water partition coefficient (Wildman–Crippen LogP) is 1.42. The first kappa shape index (κ1) is 15.0. The van der Waals surface area contributed by atoms with Crippen LogP contribution in [-0.4, -0.2) is 55.2 Å². The number of anilines is 2. The third-order valence-corrected chi connectivity index (χ3v) is 3.74. The Labute approximate surface area is 120 Å². The number of piperidine rings is 1. The molecule has 0 radical (unpaired) electrons. The maximum absolute atomic E-state index is 5.12. The van der Waals surface area contributed by atoms with Crippen LogP contribution in [0.4, 0.5) is 11.6 Å². The van der Waals surface area contributed by atoms with Gasteiger partial charge >= 0.3 is 0 Å². The lowest BCUT2D eigenvalue weighted by Gasteiger charge is -2.35. The Morgan fingerprint density at radius 2 is 2.15 bits per heavy atom. The number of hydrogen-bond acceptors (Lipinski definition) is 6. The second-order valence-electron chi connectivity index (χ2n) is 5.52. The van der Waals surface area contributed by atoms with E-state index >= 15 is 0 Å². The van der Waals surface area contributed by atoms with Crippen molar-refractivity contribution in [1.29, 1.82) is 0 Å². The molecule has 1 aromatic heterocycles. The number of likely N-dealkylation sites (tertiary alicyclic amines) is 1. The van der Waals surface area contributed by atoms with Crippen LogP contribution in [0.2, 0.25) is 0 Å². The molecule has 112 valence electrons. The molecule has 2 heterocycles. The van der Waals surface area contributed by atoms with E-state index in [1.807, 2.05) is 13.1 Å². The average Bonchev–Trinajstić information content (AvgIpc) is 2.42. The van der Waals surface area contributed by atoms with Gasteiger partial charge in [0.1, 0.15) is 18.2 Å². The first-order valence-corrected chi connectivity index (χ1v) is 7.12. The van der Waals surface area contributed by atoms with Gasteiger partial charge in [-0.3, -0.25) is 0 Å². The number of nitrogens with zero attached hydrogens (tertiary/aromatic N) is 3. The number of hydrogen-bond donors (Lipinski definition) is 2. The van der Waals surface area contributed by atoms with Crippen molar-refractivity contribution < 1.29 is 4.74 Å². The highest BCUT2D eigenvalue weighted by Gasteiger charge is 2.24. The van der Waals surface area contributed by atoms with Gasteiger partial charge < -0.3 is 20.3 Å². The second kappa shape index (κ2) is 6.85. The molecule has 1 fully saturated rings. The smallest absolute Gasteiger partial charge is 0.158 e. The van der Waals surface area contributed by atoms with Crippen LogP contribution in [-0.2, 0) is 11.3 Å². The Morgan fingerprint density at radius 1 is 1.40 bits per heavy atom. The summed E-state index contributed by atoms with van der Waals surface area (Å²) in [5, 5.41) is 6.62. The fourth-order valence-corrected chi connectivity index (χ4v) is 2.65. The lowest BCUT2D eigenvalue weighted by atomic mass is 9.94. The van der Waals surface area contributed by atoms with E-state index in [-0.39, 0.29) is 0 Å². The molecule has 2 N–H and O–H groups in total. The van der Waals surface area contributed by atoms with Crippen LogP contribution < -0.4 is 10.6 Å². The lowest BCUT2D eigenvalue weighted by Crippen LogP contribution is -2.43. The fraction of sp³-hybridized carbons (Fsp3) is 0.714. The minimum absolute atomic E-state index is 0.424. The maximum Gasteiger partial charge on any atom is 0.158 e. The highest BCUT2D eigenvalue weighted by atomic mass is 16.5. The van der Waals surface area contributed by atoms with Crippen molar-refractivity contribution >= 4 is 11.6 Å². The molecule has 2 unspecified atom stereocenters. The van der Waals surface area contributed by atoms with E-state index in [4.69, 9.17) is 4.74 Å². The van der Waals surface area contributed by atoms with E-state index in [1.165, 1.54) is 0 Å². The van der Waals surface area contributed by atoms with E-state index < -0.39 is 0 Å². The van der Waals surface area contributed by atoms with E-state index in [9.17, 15) is 0 Å². The van der Waals surface area contributed by atoms with Crippen molar-refractivity contribution in [1.82, 2.24) is 14.9 Å². The van der Waals surface area contributed by atoms with Gasteiger partial charge in [-0.15, -0.1) is 0 Å². The Kier molecular flexibility index (Phi) is 5.14. The zero-order valence-electron chi connectivity index (χ0n) is 12.8. The molecular formula is C14H25N5O. The monoisotopic (exact) mass is 279 g/mol. The third kappa shape index (κ3) is 3.80. The molecule has 0 aliphatic carbocycles. The van der Waals surface area contributed by atoms with Gasteiger partial charge in [0.25, 0.3) is 0 Å². The molecular weight excluding hydrogens is 254 g/mol. The standard InChI is InChI=1S/C14H25N5O/c1-10-8-19(3)6-5-11(10)16-13-7-12(15-2)17-14(18-13)9-20-4/h7,10-11H,5-6,8-9H2,1-4H3,(H2,15,16,17,18). The summed E-state index contributed by atoms with van der Waals surface area (Å²) in [5.41, 5.74) is 0. The Balaban J connectivity index is 2.09. The van der Waals surface area contributed by atoms with Crippen LogP contribution in [0.5, 0.6) is 0 Å². The van der Waals surface area contributed by atoms with Gasteiger partial charge in [0.2, 0.25) is 0 Å². The number of ether oxygens (including phenoxy) is 1. The zero-order valence-corrected chi connectivity index (χ0v) is 12.8. The fourth-order valence-electron chi connectivity index (χ4n) is 2.65. The van der Waals surface area contributed by atoms with Crippen LogP contribution in [0, 0.1) is 5.92 Å². The molecule has 20 heavy (non-hydrogen) atoms. The van der Waals surface area contributed by atoms with Crippen LogP contribution in [0.15, 0.2) is 6.07 Å². The Morgan fingerprint density at radius 3 is 2.80 bits per heavy atom. The number of methoxy groups -OCH3 is 1. The van der Waals surface area contributed by atoms with Crippen molar-refractivity contribution in [3.8, 4) is 0 Å². The summed E-state index contributed by atoms with van der Waals surface area (Å²) in [5.74, 6) is 2.99. The highest BCUT2D eigenvalue weighted by Crippen LogP contribution is 2.21. The van der Waals surface area contributed by atoms with Gasteiger partial charge in [0.05, 0.1) is 0 Å². The number of aromatic nitrogens is 2. The Hall–Kier alpha value is -1.40. The molecule has 1 aliphatic rings. The van der Waals surface area contributed by atoms with Gasteiger partial charge in [-0.05, 0) is 25.9 Å². The molecule has 0 bridgehead atoms. The average molecular weight is 279 g/mol. The summed E-state index contributed by atoms with van der Waals surface area (Å²) in [7, 11) is 5.69. The summed E-state index contributed by atoms with van der Waals surface area (Å²) < 4.78 is 5.12. The van der Waals surface area contributed by atoms with Crippen LogP contribution in [0.25, 0.3) is 0 Å². The molecule has 6 nitrogen and oxygen atoms in total. The van der Waals surface area contributed by atoms with E-state index in [1.54, 1.807) is 7.11 Å². The van der Waals surface area contributed by atoms with E-state index in [0.717, 1.165) is 31.1 Å². The van der Waals surface area contributed by atoms with Crippen molar-refractivity contribution in [2.45, 2.75) is 26.0 Å². The summed E-state index contributed by atoms with van der Waals surface area (Å²) >= 11 is 0. The topological polar surface area (TPSA) is 62.3 Å². The minimum Gasteiger partial charge on any atom is -0.377 e. The zero-order chi connectivity index (χ0) is 14.5. The van der Waals surface area contributed by atoms with Gasteiger partial charge in [-0.2, -0.15) is 0 Å². The predicted molar refractivity (Wildman–Crippen MR) is 81.0 cm³/mol. The molecule has 1 saturated heterocycles. The van der Waals surface area contributed by atoms with Crippen LogP contribution >= 0.6 is 0 Å². The minimum atomic E-state index is 0.424. The highest BCUT2D eigenvalue weighted by molar-refractivity contribution is 5.47. The van der Waals surface area contributed by atoms with Crippen LogP contribution in [0.1, 0.15) is 19.2 Å². The quantitative estimate of drug-likeness (QED) is 0.850. The first-order valence-electron chi connectivity index (χ1n) is 7.12.